The number of esters is 1. The van der Waals surface area contributed by atoms with Gasteiger partial charge in [-0.25, -0.2) is 9.78 Å². The highest BCUT2D eigenvalue weighted by Gasteiger charge is 2.23. The lowest BCUT2D eigenvalue weighted by atomic mass is 9.99. The topological polar surface area (TPSA) is 124 Å². The van der Waals surface area contributed by atoms with Crippen LogP contribution >= 0.6 is 11.6 Å². The van der Waals surface area contributed by atoms with Crippen molar-refractivity contribution in [2.45, 2.75) is 53.5 Å². The van der Waals surface area contributed by atoms with Gasteiger partial charge in [0.2, 0.25) is 5.91 Å². The lowest BCUT2D eigenvalue weighted by molar-refractivity contribution is -0.147. The first-order chi connectivity index (χ1) is 18.0. The Morgan fingerprint density at radius 1 is 1.00 bits per heavy atom. The fourth-order valence-corrected chi connectivity index (χ4v) is 4.52. The van der Waals surface area contributed by atoms with Gasteiger partial charge in [0.1, 0.15) is 11.7 Å². The van der Waals surface area contributed by atoms with E-state index in [1.807, 2.05) is 57.2 Å². The maximum absolute atomic E-state index is 12.7. The zero-order valence-corrected chi connectivity index (χ0v) is 23.1. The predicted molar refractivity (Wildman–Crippen MR) is 148 cm³/mol. The van der Waals surface area contributed by atoms with Gasteiger partial charge in [-0.2, -0.15) is 0 Å². The molecule has 38 heavy (non-hydrogen) atoms. The first-order valence-electron chi connectivity index (χ1n) is 12.5. The number of halogens is 1. The van der Waals surface area contributed by atoms with Crippen LogP contribution in [-0.2, 0) is 20.7 Å². The Morgan fingerprint density at radius 3 is 2.24 bits per heavy atom. The Labute approximate surface area is 228 Å². The SMILES string of the molecule is CCOC(=O)[C@H](CC(C)C)NC(=O)Cc1ccc(-c2ccc(-c3nc(C(N)=O)c(C)nc3C)cc2)c(Cl)c1. The zero-order chi connectivity index (χ0) is 28.0. The van der Waals surface area contributed by atoms with Crippen LogP contribution in [0, 0.1) is 19.8 Å². The molecule has 3 aromatic rings. The molecule has 0 saturated heterocycles. The number of aryl methyl sites for hydroxylation is 2. The molecule has 1 atom stereocenters. The van der Waals surface area contributed by atoms with E-state index >= 15 is 0 Å². The number of hydrogen-bond donors (Lipinski definition) is 2. The quantitative estimate of drug-likeness (QED) is 0.358. The molecule has 0 saturated carbocycles. The number of amides is 2. The molecule has 0 aliphatic carbocycles. The average Bonchev–Trinajstić information content (AvgIpc) is 2.83. The van der Waals surface area contributed by atoms with Crippen molar-refractivity contribution >= 4 is 29.4 Å². The van der Waals surface area contributed by atoms with Crippen molar-refractivity contribution in [2.24, 2.45) is 11.7 Å². The second-order valence-electron chi connectivity index (χ2n) is 9.53. The summed E-state index contributed by atoms with van der Waals surface area (Å²) < 4.78 is 5.10. The van der Waals surface area contributed by atoms with Gasteiger partial charge in [-0.15, -0.1) is 0 Å². The van der Waals surface area contributed by atoms with E-state index in [1.54, 1.807) is 19.9 Å². The van der Waals surface area contributed by atoms with Gasteiger partial charge < -0.3 is 15.8 Å². The average molecular weight is 537 g/mol. The number of nitrogens with one attached hydrogen (secondary N) is 1. The highest BCUT2D eigenvalue weighted by Crippen LogP contribution is 2.31. The van der Waals surface area contributed by atoms with Gasteiger partial charge in [-0.05, 0) is 50.3 Å². The lowest BCUT2D eigenvalue weighted by Gasteiger charge is -2.19. The third-order valence-corrected chi connectivity index (χ3v) is 6.27. The number of aromatic nitrogens is 2. The number of nitrogens with two attached hydrogens (primary N) is 1. The van der Waals surface area contributed by atoms with Crippen molar-refractivity contribution in [1.29, 1.82) is 0 Å². The Bertz CT molecular complexity index is 1340. The molecule has 2 amide bonds. The summed E-state index contributed by atoms with van der Waals surface area (Å²) in [5, 5.41) is 3.29. The minimum Gasteiger partial charge on any atom is -0.464 e. The summed E-state index contributed by atoms with van der Waals surface area (Å²) in [5.74, 6) is -1.10. The molecule has 3 rings (SSSR count). The zero-order valence-electron chi connectivity index (χ0n) is 22.3. The highest BCUT2D eigenvalue weighted by atomic mass is 35.5. The summed E-state index contributed by atoms with van der Waals surface area (Å²) in [4.78, 5) is 45.4. The molecule has 9 heteroatoms. The largest absolute Gasteiger partial charge is 0.464 e. The molecule has 200 valence electrons. The highest BCUT2D eigenvalue weighted by molar-refractivity contribution is 6.33. The molecule has 0 fully saturated rings. The Morgan fingerprint density at radius 2 is 1.66 bits per heavy atom. The number of ether oxygens (including phenoxy) is 1. The smallest absolute Gasteiger partial charge is 0.328 e. The van der Waals surface area contributed by atoms with E-state index in [4.69, 9.17) is 22.1 Å². The molecule has 2 aromatic carbocycles. The van der Waals surface area contributed by atoms with E-state index in [2.05, 4.69) is 15.3 Å². The summed E-state index contributed by atoms with van der Waals surface area (Å²) in [6.45, 7) is 9.49. The summed E-state index contributed by atoms with van der Waals surface area (Å²) in [7, 11) is 0. The van der Waals surface area contributed by atoms with E-state index in [9.17, 15) is 14.4 Å². The van der Waals surface area contributed by atoms with Crippen LogP contribution in [0.3, 0.4) is 0 Å². The van der Waals surface area contributed by atoms with Crippen molar-refractivity contribution in [3.8, 4) is 22.4 Å². The van der Waals surface area contributed by atoms with E-state index < -0.39 is 17.9 Å². The van der Waals surface area contributed by atoms with Crippen LogP contribution < -0.4 is 11.1 Å². The van der Waals surface area contributed by atoms with Crippen LogP contribution in [0.2, 0.25) is 5.02 Å². The van der Waals surface area contributed by atoms with E-state index in [1.165, 1.54) is 0 Å². The Kier molecular flexibility index (Phi) is 9.58. The maximum Gasteiger partial charge on any atom is 0.328 e. The number of primary amides is 1. The van der Waals surface area contributed by atoms with Gasteiger partial charge in [-0.1, -0.05) is 61.8 Å². The van der Waals surface area contributed by atoms with Gasteiger partial charge in [0.15, 0.2) is 0 Å². The summed E-state index contributed by atoms with van der Waals surface area (Å²) in [6.07, 6.45) is 0.582. The first-order valence-corrected chi connectivity index (χ1v) is 12.9. The van der Waals surface area contributed by atoms with Crippen LogP contribution in [0.25, 0.3) is 22.4 Å². The normalized spacial score (nSPS) is 11.8. The van der Waals surface area contributed by atoms with Gasteiger partial charge in [-0.3, -0.25) is 14.6 Å². The third-order valence-electron chi connectivity index (χ3n) is 5.96. The number of rotatable bonds is 10. The number of nitrogens with zero attached hydrogens (tertiary/aromatic N) is 2. The number of benzene rings is 2. The van der Waals surface area contributed by atoms with Crippen molar-refractivity contribution in [2.75, 3.05) is 6.61 Å². The molecule has 0 radical (unpaired) electrons. The van der Waals surface area contributed by atoms with Crippen LogP contribution in [0.4, 0.5) is 0 Å². The monoisotopic (exact) mass is 536 g/mol. The molecule has 0 bridgehead atoms. The van der Waals surface area contributed by atoms with Crippen LogP contribution in [0.1, 0.15) is 54.6 Å². The first kappa shape index (κ1) is 28.8. The van der Waals surface area contributed by atoms with Crippen molar-refractivity contribution in [1.82, 2.24) is 15.3 Å². The number of hydrogen-bond acceptors (Lipinski definition) is 6. The van der Waals surface area contributed by atoms with Crippen molar-refractivity contribution < 1.29 is 19.1 Å². The predicted octanol–water partition coefficient (Wildman–Crippen LogP) is 4.82. The lowest BCUT2D eigenvalue weighted by Crippen LogP contribution is -2.43. The van der Waals surface area contributed by atoms with Crippen LogP contribution in [0.5, 0.6) is 0 Å². The molecule has 0 aliphatic heterocycles. The molecule has 1 aromatic heterocycles. The van der Waals surface area contributed by atoms with Gasteiger partial charge in [0, 0.05) is 16.1 Å². The van der Waals surface area contributed by atoms with E-state index in [-0.39, 0.29) is 30.5 Å². The second kappa shape index (κ2) is 12.6. The molecule has 3 N–H and O–H groups in total. The fraction of sp³-hybridized carbons (Fsp3) is 0.345. The van der Waals surface area contributed by atoms with Gasteiger partial charge in [0.25, 0.3) is 5.91 Å². The minimum absolute atomic E-state index is 0.0838. The number of carbonyl (C=O) groups excluding carboxylic acids is 3. The Hall–Kier alpha value is -3.78. The molecular formula is C29H33ClN4O4. The van der Waals surface area contributed by atoms with Crippen LogP contribution in [-0.4, -0.2) is 40.4 Å². The molecule has 0 unspecified atom stereocenters. The molecule has 8 nitrogen and oxygen atoms in total. The number of carbonyl (C=O) groups is 3. The van der Waals surface area contributed by atoms with Crippen molar-refractivity contribution in [3.63, 3.8) is 0 Å². The maximum atomic E-state index is 12.7. The van der Waals surface area contributed by atoms with Gasteiger partial charge >= 0.3 is 5.97 Å². The summed E-state index contributed by atoms with van der Waals surface area (Å²) in [6, 6.07) is 12.3. The minimum atomic E-state index is -0.684. The molecule has 0 spiro atoms. The fourth-order valence-electron chi connectivity index (χ4n) is 4.21. The summed E-state index contributed by atoms with van der Waals surface area (Å²) >= 11 is 6.59. The standard InChI is InChI=1S/C29H33ClN4O4/c1-6-38-29(37)24(13-16(2)3)33-25(35)15-19-7-12-22(23(30)14-19)20-8-10-21(11-9-20)26-17(4)32-18(5)27(34-26)28(31)36/h7-12,14,16,24H,6,13,15H2,1-5H3,(H2,31,36)(H,33,35)/t24-/m0/s1. The molecule has 0 aliphatic rings. The van der Waals surface area contributed by atoms with E-state index in [0.717, 1.165) is 22.3 Å². The molecular weight excluding hydrogens is 504 g/mol. The Balaban J connectivity index is 1.76. The van der Waals surface area contributed by atoms with Crippen molar-refractivity contribution in [3.05, 3.63) is 70.1 Å². The molecule has 1 heterocycles. The van der Waals surface area contributed by atoms with E-state index in [0.29, 0.717) is 28.5 Å². The van der Waals surface area contributed by atoms with Crippen LogP contribution in [0.15, 0.2) is 42.5 Å². The summed E-state index contributed by atoms with van der Waals surface area (Å²) in [5.41, 5.74) is 10.6. The second-order valence-corrected chi connectivity index (χ2v) is 9.93. The van der Waals surface area contributed by atoms with Gasteiger partial charge in [0.05, 0.1) is 30.1 Å². The third kappa shape index (κ3) is 7.16.